The molecule has 1 rings (SSSR count). The molecule has 0 aliphatic rings. The summed E-state index contributed by atoms with van der Waals surface area (Å²) in [6.07, 6.45) is 0.385. The van der Waals surface area contributed by atoms with Gasteiger partial charge >= 0.3 is 29.8 Å². The summed E-state index contributed by atoms with van der Waals surface area (Å²) in [6.45, 7) is 3.96. The molecule has 17 N–H and O–H groups in total. The lowest BCUT2D eigenvalue weighted by molar-refractivity contribution is -0.140. The molecule has 1 aromatic carbocycles. The molecule has 1 aromatic rings. The Labute approximate surface area is 231 Å². The second kappa shape index (κ2) is 25.6. The Morgan fingerprint density at radius 2 is 0.925 bits per heavy atom. The first-order valence-electron chi connectivity index (χ1n) is 11.4. The van der Waals surface area contributed by atoms with E-state index in [9.17, 15) is 24.0 Å². The number of carboxylic acid groups (broad SMARTS) is 5. The van der Waals surface area contributed by atoms with Crippen LogP contribution in [0.4, 0.5) is 0 Å². The van der Waals surface area contributed by atoms with Crippen LogP contribution in [0.5, 0.6) is 0 Å². The Morgan fingerprint density at radius 1 is 0.600 bits per heavy atom. The monoisotopic (exact) mass is 581 g/mol. The molecule has 0 fully saturated rings. The summed E-state index contributed by atoms with van der Waals surface area (Å²) in [7, 11) is 0. The van der Waals surface area contributed by atoms with Crippen LogP contribution in [-0.4, -0.2) is 109 Å². The zero-order chi connectivity index (χ0) is 32.6. The Bertz CT molecular complexity index is 836. The van der Waals surface area contributed by atoms with Crippen molar-refractivity contribution in [2.45, 2.75) is 57.4 Å². The van der Waals surface area contributed by atoms with Crippen LogP contribution in [-0.2, 0) is 30.4 Å². The first kappa shape index (κ1) is 43.3. The fourth-order valence-corrected chi connectivity index (χ4v) is 1.40. The molecule has 0 aliphatic carbocycles. The van der Waals surface area contributed by atoms with Crippen molar-refractivity contribution in [1.29, 1.82) is 0 Å². The van der Waals surface area contributed by atoms with E-state index in [0.29, 0.717) is 6.42 Å². The van der Waals surface area contributed by atoms with E-state index >= 15 is 0 Å². The molecule has 0 bridgehead atoms. The average molecular weight is 582 g/mol. The maximum Gasteiger partial charge on any atom is 0.322 e. The highest BCUT2D eigenvalue weighted by Gasteiger charge is 2.14. The maximum absolute atomic E-state index is 10.4. The minimum atomic E-state index is -1.18. The van der Waals surface area contributed by atoms with Gasteiger partial charge in [0.2, 0.25) is 0 Å². The van der Waals surface area contributed by atoms with E-state index in [1.54, 1.807) is 13.8 Å². The Balaban J connectivity index is -0.000000208. The summed E-state index contributed by atoms with van der Waals surface area (Å²) in [5, 5.41) is 56.4. The topological polar surface area (TPSA) is 357 Å². The van der Waals surface area contributed by atoms with Crippen LogP contribution in [0.3, 0.4) is 0 Å². The third-order valence-electron chi connectivity index (χ3n) is 4.04. The molecular formula is C23H43N5O12. The number of benzene rings is 1. The molecule has 40 heavy (non-hydrogen) atoms. The third-order valence-corrected chi connectivity index (χ3v) is 4.04. The predicted molar refractivity (Wildman–Crippen MR) is 143 cm³/mol. The van der Waals surface area contributed by atoms with Gasteiger partial charge < -0.3 is 64.4 Å². The minimum absolute atomic E-state index is 0.0208. The van der Waals surface area contributed by atoms with Crippen molar-refractivity contribution in [3.8, 4) is 0 Å². The lowest BCUT2D eigenvalue weighted by Crippen LogP contribution is -2.34. The predicted octanol–water partition coefficient (Wildman–Crippen LogP) is -3.11. The zero-order valence-electron chi connectivity index (χ0n) is 22.5. The van der Waals surface area contributed by atoms with E-state index in [4.69, 9.17) is 64.4 Å². The van der Waals surface area contributed by atoms with Crippen LogP contribution in [0.15, 0.2) is 30.3 Å². The number of aliphatic carboxylic acids is 5. The van der Waals surface area contributed by atoms with Gasteiger partial charge in [-0.05, 0) is 24.8 Å². The van der Waals surface area contributed by atoms with Gasteiger partial charge in [-0.3, -0.25) is 24.0 Å². The normalized spacial score (nSPS) is 13.3. The lowest BCUT2D eigenvalue weighted by Gasteiger charge is -2.07. The fraction of sp³-hybridized carbons (Fsp3) is 0.522. The van der Waals surface area contributed by atoms with Crippen molar-refractivity contribution in [3.63, 3.8) is 0 Å². The summed E-state index contributed by atoms with van der Waals surface area (Å²) >= 11 is 0. The third kappa shape index (κ3) is 28.9. The van der Waals surface area contributed by atoms with Crippen molar-refractivity contribution in [2.75, 3.05) is 13.2 Å². The lowest BCUT2D eigenvalue weighted by atomic mass is 10.1. The van der Waals surface area contributed by atoms with Gasteiger partial charge in [-0.2, -0.15) is 0 Å². The molecule has 17 heteroatoms. The van der Waals surface area contributed by atoms with E-state index in [1.165, 1.54) is 6.92 Å². The van der Waals surface area contributed by atoms with Gasteiger partial charge in [0.05, 0.1) is 13.2 Å². The Morgan fingerprint density at radius 3 is 1.07 bits per heavy atom. The highest BCUT2D eigenvalue weighted by molar-refractivity contribution is 5.74. The highest BCUT2D eigenvalue weighted by atomic mass is 16.4. The standard InChI is InChI=1S/C9H11NO2.C5H11NO2.2C3H7NO3.C3H7NO2/c10-8(9(11)12)6-7-4-2-1-3-5-7;1-3(2)4(6)5(7)8;2*4-2(1-5)3(6)7;1-2(4)3(5)6/h1-5,8H,6,10H2,(H,11,12);3-4H,6H2,1-2H3,(H,7,8);2*2,5H,1,4H2,(H,6,7);2H,4H2,1H3,(H,5,6)/t8-;4-;3*2-/m00000/s1. The average Bonchev–Trinajstić information content (AvgIpc) is 2.88. The molecule has 232 valence electrons. The molecule has 0 heterocycles. The van der Waals surface area contributed by atoms with Gasteiger partial charge in [0.1, 0.15) is 30.2 Å². The second-order valence-corrected chi connectivity index (χ2v) is 8.12. The Kier molecular flexibility index (Phi) is 27.7. The van der Waals surface area contributed by atoms with Gasteiger partial charge in [-0.25, -0.2) is 0 Å². The first-order chi connectivity index (χ1) is 18.3. The van der Waals surface area contributed by atoms with E-state index in [-0.39, 0.29) is 5.92 Å². The summed E-state index contributed by atoms with van der Waals surface area (Å²) in [6, 6.07) is 4.85. The molecule has 0 spiro atoms. The van der Waals surface area contributed by atoms with Crippen LogP contribution in [0.25, 0.3) is 0 Å². The Hall–Kier alpha value is -3.71. The molecule has 0 radical (unpaired) electrons. The van der Waals surface area contributed by atoms with Crippen LogP contribution >= 0.6 is 0 Å². The van der Waals surface area contributed by atoms with Crippen LogP contribution in [0, 0.1) is 5.92 Å². The van der Waals surface area contributed by atoms with Gasteiger partial charge in [0.25, 0.3) is 0 Å². The van der Waals surface area contributed by atoms with Crippen LogP contribution in [0.1, 0.15) is 26.3 Å². The summed E-state index contributed by atoms with van der Waals surface area (Å²) in [4.78, 5) is 49.3. The number of hydrogen-bond donors (Lipinski definition) is 12. The zero-order valence-corrected chi connectivity index (χ0v) is 22.5. The number of carboxylic acids is 5. The number of rotatable bonds is 10. The van der Waals surface area contributed by atoms with E-state index in [1.807, 2.05) is 30.3 Å². The number of carbonyl (C=O) groups is 5. The van der Waals surface area contributed by atoms with Crippen molar-refractivity contribution in [2.24, 2.45) is 34.6 Å². The molecule has 0 unspecified atom stereocenters. The van der Waals surface area contributed by atoms with Gasteiger partial charge in [0.15, 0.2) is 0 Å². The fourth-order valence-electron chi connectivity index (χ4n) is 1.40. The first-order valence-corrected chi connectivity index (χ1v) is 11.4. The number of aliphatic hydroxyl groups excluding tert-OH is 2. The van der Waals surface area contributed by atoms with E-state index in [2.05, 4.69) is 0 Å². The van der Waals surface area contributed by atoms with Crippen LogP contribution in [0.2, 0.25) is 0 Å². The minimum Gasteiger partial charge on any atom is -0.480 e. The molecule has 0 aliphatic heterocycles. The molecule has 0 saturated carbocycles. The van der Waals surface area contributed by atoms with Crippen LogP contribution < -0.4 is 28.7 Å². The smallest absolute Gasteiger partial charge is 0.322 e. The van der Waals surface area contributed by atoms with E-state index < -0.39 is 73.3 Å². The van der Waals surface area contributed by atoms with Gasteiger partial charge in [0, 0.05) is 0 Å². The highest BCUT2D eigenvalue weighted by Crippen LogP contribution is 2.01. The number of hydrogen-bond acceptors (Lipinski definition) is 12. The van der Waals surface area contributed by atoms with Gasteiger partial charge in [-0.1, -0.05) is 44.2 Å². The molecule has 5 atom stereocenters. The second-order valence-electron chi connectivity index (χ2n) is 8.12. The molecule has 17 nitrogen and oxygen atoms in total. The molecular weight excluding hydrogens is 538 g/mol. The molecule has 0 saturated heterocycles. The number of aliphatic hydroxyl groups is 2. The summed E-state index contributed by atoms with van der Waals surface area (Å²) in [5.41, 5.74) is 25.8. The van der Waals surface area contributed by atoms with E-state index in [0.717, 1.165) is 5.56 Å². The van der Waals surface area contributed by atoms with Gasteiger partial charge in [-0.15, -0.1) is 0 Å². The van der Waals surface area contributed by atoms with Crippen molar-refractivity contribution in [1.82, 2.24) is 0 Å². The molecule has 0 amide bonds. The summed E-state index contributed by atoms with van der Waals surface area (Å²) in [5.74, 6) is -5.19. The maximum atomic E-state index is 10.4. The van der Waals surface area contributed by atoms with Crippen molar-refractivity contribution < 1.29 is 59.7 Å². The quantitative estimate of drug-likeness (QED) is 0.130. The SMILES string of the molecule is CC(C)[C@H](N)C(=O)O.C[C@H](N)C(=O)O.N[C@@H](CO)C(=O)O.N[C@@H](CO)C(=O)O.N[C@@H](Cc1ccccc1)C(=O)O. The molecule has 0 aromatic heterocycles. The van der Waals surface area contributed by atoms with Crippen molar-refractivity contribution in [3.05, 3.63) is 35.9 Å². The van der Waals surface area contributed by atoms with Crippen molar-refractivity contribution >= 4 is 29.8 Å². The largest absolute Gasteiger partial charge is 0.480 e. The number of nitrogens with two attached hydrogens (primary N) is 5. The summed E-state index contributed by atoms with van der Waals surface area (Å²) < 4.78 is 0.